The molecule has 2 aliphatic heterocycles. The van der Waals surface area contributed by atoms with E-state index < -0.39 is 61.3 Å². The summed E-state index contributed by atoms with van der Waals surface area (Å²) in [5, 5.41) is 60.8. The standard InChI is InChI=1S/2C14H18N4O5/c2*1-2-6(19)11-9(21)10(22)14(23-11)18-4-3-7(20)8-12(15)16-5-17-13(8)18/h2*3-6,9-11,14,19,21-22H,2H2,1H3,(H2,15,16,17)/t6-,9+,10-,11-,14-;6-,9-,10+,11+,14+/m10/s1. The lowest BCUT2D eigenvalue weighted by Crippen LogP contribution is -2.38. The summed E-state index contributed by atoms with van der Waals surface area (Å²) in [5.41, 5.74) is 11.1. The van der Waals surface area contributed by atoms with Crippen molar-refractivity contribution in [3.63, 3.8) is 0 Å². The van der Waals surface area contributed by atoms with E-state index in [-0.39, 0.29) is 44.6 Å². The van der Waals surface area contributed by atoms with Gasteiger partial charge in [-0.05, 0) is 12.8 Å². The Balaban J connectivity index is 0.000000181. The molecule has 2 saturated heterocycles. The Labute approximate surface area is 260 Å². The Morgan fingerprint density at radius 2 is 1.07 bits per heavy atom. The van der Waals surface area contributed by atoms with Crippen LogP contribution in [0.3, 0.4) is 0 Å². The molecule has 6 rings (SSSR count). The van der Waals surface area contributed by atoms with Gasteiger partial charge < -0.3 is 60.7 Å². The SMILES string of the molecule is CC[C@@H](O)[C@H]1O[C@@H](n2ccc(=O)c3c(N)ncnc32)[C@H](O)[C@@H]1O.CC[C@H](O)[C@H]1O[C@@H](n2ccc(=O)c3c(N)ncnc32)[C@H](O)[C@@H]1O. The van der Waals surface area contributed by atoms with Crippen molar-refractivity contribution >= 4 is 33.7 Å². The Bertz CT molecular complexity index is 1690. The van der Waals surface area contributed by atoms with E-state index in [1.54, 1.807) is 13.8 Å². The van der Waals surface area contributed by atoms with Crippen LogP contribution in [-0.4, -0.2) is 109 Å². The zero-order valence-corrected chi connectivity index (χ0v) is 24.8. The molecule has 4 aromatic heterocycles. The minimum absolute atomic E-state index is 0.0209. The molecule has 0 radical (unpaired) electrons. The molecule has 10 N–H and O–H groups in total. The maximum Gasteiger partial charge on any atom is 0.194 e. The van der Waals surface area contributed by atoms with Crippen LogP contribution < -0.4 is 22.3 Å². The molecule has 18 heteroatoms. The number of anilines is 2. The highest BCUT2D eigenvalue weighted by Gasteiger charge is 2.47. The predicted molar refractivity (Wildman–Crippen MR) is 161 cm³/mol. The van der Waals surface area contributed by atoms with Crippen LogP contribution >= 0.6 is 0 Å². The average molecular weight is 645 g/mol. The van der Waals surface area contributed by atoms with Gasteiger partial charge in [0.15, 0.2) is 34.6 Å². The van der Waals surface area contributed by atoms with Crippen LogP contribution in [0.5, 0.6) is 0 Å². The fourth-order valence-electron chi connectivity index (χ4n) is 5.59. The van der Waals surface area contributed by atoms with Gasteiger partial charge in [-0.25, -0.2) is 19.9 Å². The first kappa shape index (κ1) is 33.2. The van der Waals surface area contributed by atoms with Gasteiger partial charge in [0.05, 0.1) is 12.2 Å². The number of pyridine rings is 2. The van der Waals surface area contributed by atoms with E-state index in [0.29, 0.717) is 12.8 Å². The summed E-state index contributed by atoms with van der Waals surface area (Å²) in [4.78, 5) is 39.6. The molecule has 248 valence electrons. The summed E-state index contributed by atoms with van der Waals surface area (Å²) in [6.45, 7) is 3.48. The lowest BCUT2D eigenvalue weighted by molar-refractivity contribution is -0.0840. The minimum atomic E-state index is -1.29. The Kier molecular flexibility index (Phi) is 9.61. The molecule has 0 unspecified atom stereocenters. The normalized spacial score (nSPS) is 29.0. The maximum absolute atomic E-state index is 12.0. The molecule has 46 heavy (non-hydrogen) atoms. The first-order chi connectivity index (χ1) is 21.9. The number of fused-ring (bicyclic) bond motifs is 2. The molecule has 0 aliphatic carbocycles. The maximum atomic E-state index is 12.0. The van der Waals surface area contributed by atoms with E-state index in [9.17, 15) is 40.2 Å². The monoisotopic (exact) mass is 644 g/mol. The van der Waals surface area contributed by atoms with Gasteiger partial charge in [0.2, 0.25) is 0 Å². The summed E-state index contributed by atoms with van der Waals surface area (Å²) in [7, 11) is 0. The van der Waals surface area contributed by atoms with Gasteiger partial charge in [-0.1, -0.05) is 13.8 Å². The van der Waals surface area contributed by atoms with Gasteiger partial charge in [0.1, 0.15) is 71.7 Å². The summed E-state index contributed by atoms with van der Waals surface area (Å²) < 4.78 is 14.1. The summed E-state index contributed by atoms with van der Waals surface area (Å²) in [5.74, 6) is 0.0417. The summed E-state index contributed by atoms with van der Waals surface area (Å²) in [6.07, 6.45) is -4.90. The molecule has 2 aliphatic rings. The van der Waals surface area contributed by atoms with Crippen molar-refractivity contribution in [2.45, 2.75) is 88.0 Å². The molecular formula is C28H36N8O10. The molecule has 6 heterocycles. The molecule has 10 atom stereocenters. The minimum Gasteiger partial charge on any atom is -0.390 e. The first-order valence-corrected chi connectivity index (χ1v) is 14.5. The molecule has 18 nitrogen and oxygen atoms in total. The van der Waals surface area contributed by atoms with Crippen LogP contribution in [0.2, 0.25) is 0 Å². The van der Waals surface area contributed by atoms with Gasteiger partial charge in [-0.3, -0.25) is 9.59 Å². The van der Waals surface area contributed by atoms with Crippen LogP contribution in [0.1, 0.15) is 39.1 Å². The van der Waals surface area contributed by atoms with Crippen LogP contribution in [0.15, 0.2) is 46.8 Å². The zero-order valence-electron chi connectivity index (χ0n) is 24.8. The second kappa shape index (κ2) is 13.3. The Morgan fingerprint density at radius 1 is 0.696 bits per heavy atom. The highest BCUT2D eigenvalue weighted by molar-refractivity contribution is 5.85. The number of aliphatic hydroxyl groups excluding tert-OH is 6. The van der Waals surface area contributed by atoms with Crippen LogP contribution in [-0.2, 0) is 9.47 Å². The fraction of sp³-hybridized carbons (Fsp3) is 0.500. The Hall–Kier alpha value is -4.14. The van der Waals surface area contributed by atoms with Gasteiger partial charge in [-0.2, -0.15) is 0 Å². The summed E-state index contributed by atoms with van der Waals surface area (Å²) in [6, 6.07) is 2.52. The molecule has 0 amide bonds. The second-order valence-electron chi connectivity index (χ2n) is 11.0. The number of nitrogen functional groups attached to an aromatic ring is 2. The van der Waals surface area contributed by atoms with Gasteiger partial charge in [0, 0.05) is 24.5 Å². The number of aromatic nitrogens is 6. The van der Waals surface area contributed by atoms with Crippen LogP contribution in [0.4, 0.5) is 11.6 Å². The topological polar surface area (TPSA) is 287 Å². The van der Waals surface area contributed by atoms with Gasteiger partial charge >= 0.3 is 0 Å². The third kappa shape index (κ3) is 5.80. The van der Waals surface area contributed by atoms with Crippen molar-refractivity contribution in [3.05, 3.63) is 57.6 Å². The number of ether oxygens (including phenoxy) is 2. The largest absolute Gasteiger partial charge is 0.390 e. The van der Waals surface area contributed by atoms with E-state index in [0.717, 1.165) is 0 Å². The number of hydrogen-bond donors (Lipinski definition) is 8. The van der Waals surface area contributed by atoms with Crippen molar-refractivity contribution in [1.82, 2.24) is 29.1 Å². The number of nitrogens with zero attached hydrogens (tertiary/aromatic N) is 6. The quantitative estimate of drug-likeness (QED) is 0.108. The zero-order chi connectivity index (χ0) is 33.4. The molecule has 0 aromatic carbocycles. The number of nitrogens with two attached hydrogens (primary N) is 2. The van der Waals surface area contributed by atoms with Gasteiger partial charge in [0.25, 0.3) is 0 Å². The average Bonchev–Trinajstić information content (AvgIpc) is 3.51. The lowest BCUT2D eigenvalue weighted by Gasteiger charge is -2.21. The fourth-order valence-corrected chi connectivity index (χ4v) is 5.59. The van der Waals surface area contributed by atoms with E-state index in [1.165, 1.54) is 46.3 Å². The molecule has 0 bridgehead atoms. The van der Waals surface area contributed by atoms with Crippen molar-refractivity contribution in [3.8, 4) is 0 Å². The van der Waals surface area contributed by atoms with Crippen molar-refractivity contribution in [2.75, 3.05) is 11.5 Å². The highest BCUT2D eigenvalue weighted by atomic mass is 16.6. The van der Waals surface area contributed by atoms with E-state index in [1.807, 2.05) is 0 Å². The Morgan fingerprint density at radius 3 is 1.41 bits per heavy atom. The molecule has 0 saturated carbocycles. The van der Waals surface area contributed by atoms with Crippen LogP contribution in [0, 0.1) is 0 Å². The highest BCUT2D eigenvalue weighted by Crippen LogP contribution is 2.34. The predicted octanol–water partition coefficient (Wildman–Crippen LogP) is -2.47. The van der Waals surface area contributed by atoms with Gasteiger partial charge in [-0.15, -0.1) is 0 Å². The molecule has 2 fully saturated rings. The first-order valence-electron chi connectivity index (χ1n) is 14.5. The third-order valence-corrected chi connectivity index (χ3v) is 8.16. The smallest absolute Gasteiger partial charge is 0.194 e. The second-order valence-corrected chi connectivity index (χ2v) is 11.0. The van der Waals surface area contributed by atoms with E-state index in [2.05, 4.69) is 19.9 Å². The van der Waals surface area contributed by atoms with E-state index in [4.69, 9.17) is 20.9 Å². The number of aliphatic hydroxyl groups is 6. The molecular weight excluding hydrogens is 608 g/mol. The summed E-state index contributed by atoms with van der Waals surface area (Å²) >= 11 is 0. The van der Waals surface area contributed by atoms with Crippen molar-refractivity contribution in [1.29, 1.82) is 0 Å². The van der Waals surface area contributed by atoms with Crippen molar-refractivity contribution in [2.24, 2.45) is 0 Å². The number of hydrogen-bond acceptors (Lipinski definition) is 16. The van der Waals surface area contributed by atoms with Crippen LogP contribution in [0.25, 0.3) is 22.1 Å². The molecule has 0 spiro atoms. The third-order valence-electron chi connectivity index (χ3n) is 8.16. The van der Waals surface area contributed by atoms with Crippen molar-refractivity contribution < 1.29 is 40.1 Å². The molecule has 4 aromatic rings. The lowest BCUT2D eigenvalue weighted by atomic mass is 10.0. The van der Waals surface area contributed by atoms with E-state index >= 15 is 0 Å². The number of rotatable bonds is 6.